The molecule has 1 amide bonds. The van der Waals surface area contributed by atoms with E-state index in [1.807, 2.05) is 26.0 Å². The third kappa shape index (κ3) is 3.30. The summed E-state index contributed by atoms with van der Waals surface area (Å²) in [6, 6.07) is 8.29. The Labute approximate surface area is 120 Å². The summed E-state index contributed by atoms with van der Waals surface area (Å²) >= 11 is 0. The lowest BCUT2D eigenvalue weighted by atomic mass is 9.98. The second kappa shape index (κ2) is 5.54. The second-order valence-electron chi connectivity index (χ2n) is 5.81. The van der Waals surface area contributed by atoms with E-state index in [0.29, 0.717) is 5.92 Å². The highest BCUT2D eigenvalue weighted by Crippen LogP contribution is 2.39. The summed E-state index contributed by atoms with van der Waals surface area (Å²) in [4.78, 5) is 12.0. The minimum absolute atomic E-state index is 0.138. The summed E-state index contributed by atoms with van der Waals surface area (Å²) in [6.45, 7) is 6.04. The smallest absolute Gasteiger partial charge is 0.240 e. The third-order valence-electron chi connectivity index (χ3n) is 3.85. The number of nitrogens with zero attached hydrogens (tertiary/aromatic N) is 1. The van der Waals surface area contributed by atoms with E-state index in [9.17, 15) is 10.1 Å². The van der Waals surface area contributed by atoms with E-state index in [1.54, 1.807) is 6.92 Å². The number of nitriles is 1. The third-order valence-corrected chi connectivity index (χ3v) is 3.85. The molecule has 4 nitrogen and oxygen atoms in total. The van der Waals surface area contributed by atoms with Crippen LogP contribution in [-0.4, -0.2) is 18.0 Å². The van der Waals surface area contributed by atoms with Crippen LogP contribution in [0.5, 0.6) is 0 Å². The zero-order valence-corrected chi connectivity index (χ0v) is 12.3. The zero-order chi connectivity index (χ0) is 14.8. The Hall–Kier alpha value is -2.02. The predicted molar refractivity (Wildman–Crippen MR) is 79.3 cm³/mol. The Balaban J connectivity index is 1.90. The number of hydrogen-bond acceptors (Lipinski definition) is 3. The number of hydrogen-bond donors (Lipinski definition) is 2. The molecule has 106 valence electrons. The molecule has 0 aliphatic heterocycles. The fraction of sp³-hybridized carbons (Fsp3) is 0.500. The molecule has 1 unspecified atom stereocenters. The van der Waals surface area contributed by atoms with Gasteiger partial charge in [0, 0.05) is 5.69 Å². The predicted octanol–water partition coefficient (Wildman–Crippen LogP) is 2.52. The highest BCUT2D eigenvalue weighted by Gasteiger charge is 2.42. The summed E-state index contributed by atoms with van der Waals surface area (Å²) in [5.41, 5.74) is 2.54. The number of nitrogens with one attached hydrogen (secondary N) is 2. The molecule has 2 N–H and O–H groups in total. The minimum atomic E-state index is -0.721. The first-order valence-electron chi connectivity index (χ1n) is 6.98. The highest BCUT2D eigenvalue weighted by molar-refractivity contribution is 5.82. The maximum absolute atomic E-state index is 12.0. The van der Waals surface area contributed by atoms with Gasteiger partial charge in [-0.15, -0.1) is 0 Å². The molecule has 0 spiro atoms. The number of benzene rings is 1. The molecular weight excluding hydrogens is 250 g/mol. The van der Waals surface area contributed by atoms with Gasteiger partial charge in [0.2, 0.25) is 5.91 Å². The van der Waals surface area contributed by atoms with Gasteiger partial charge < -0.3 is 10.6 Å². The molecule has 20 heavy (non-hydrogen) atoms. The first kappa shape index (κ1) is 14.4. The van der Waals surface area contributed by atoms with Crippen LogP contribution in [0.15, 0.2) is 18.2 Å². The first-order chi connectivity index (χ1) is 9.44. The average molecular weight is 271 g/mol. The van der Waals surface area contributed by atoms with Crippen LogP contribution in [0.4, 0.5) is 5.69 Å². The summed E-state index contributed by atoms with van der Waals surface area (Å²) in [5, 5.41) is 15.2. The normalized spacial score (nSPS) is 16.9. The Morgan fingerprint density at radius 3 is 2.70 bits per heavy atom. The van der Waals surface area contributed by atoms with E-state index in [4.69, 9.17) is 0 Å². The number of carbonyl (C=O) groups excluding carboxylic acids is 1. The number of carbonyl (C=O) groups is 1. The van der Waals surface area contributed by atoms with Gasteiger partial charge >= 0.3 is 0 Å². The van der Waals surface area contributed by atoms with Crippen molar-refractivity contribution in [3.05, 3.63) is 29.3 Å². The molecular formula is C16H21N3O. The van der Waals surface area contributed by atoms with Gasteiger partial charge in [0.25, 0.3) is 0 Å². The van der Waals surface area contributed by atoms with Crippen LogP contribution in [0.3, 0.4) is 0 Å². The van der Waals surface area contributed by atoms with Gasteiger partial charge in [-0.1, -0.05) is 17.7 Å². The van der Waals surface area contributed by atoms with Crippen molar-refractivity contribution in [1.82, 2.24) is 5.32 Å². The largest absolute Gasteiger partial charge is 0.376 e. The van der Waals surface area contributed by atoms with Crippen molar-refractivity contribution in [2.75, 3.05) is 11.9 Å². The van der Waals surface area contributed by atoms with Gasteiger partial charge in [0.15, 0.2) is 0 Å². The molecule has 1 aromatic carbocycles. The Morgan fingerprint density at radius 2 is 2.15 bits per heavy atom. The van der Waals surface area contributed by atoms with E-state index in [-0.39, 0.29) is 12.5 Å². The van der Waals surface area contributed by atoms with E-state index in [1.165, 1.54) is 5.56 Å². The molecule has 1 aromatic rings. The van der Waals surface area contributed by atoms with Crippen molar-refractivity contribution < 1.29 is 4.79 Å². The van der Waals surface area contributed by atoms with Crippen molar-refractivity contribution in [3.8, 4) is 6.07 Å². The number of aryl methyl sites for hydroxylation is 2. The molecule has 0 radical (unpaired) electrons. The van der Waals surface area contributed by atoms with Crippen molar-refractivity contribution in [1.29, 1.82) is 5.26 Å². The summed E-state index contributed by atoms with van der Waals surface area (Å²) in [6.07, 6.45) is 2.05. The van der Waals surface area contributed by atoms with Gasteiger partial charge in [-0.05, 0) is 51.2 Å². The summed E-state index contributed by atoms with van der Waals surface area (Å²) in [7, 11) is 0. The standard InChI is InChI=1S/C16H21N3O/c1-11-4-7-14(12(2)8-11)18-9-15(20)19-16(3,10-17)13-5-6-13/h4,7-8,13,18H,5-6,9H2,1-3H3,(H,19,20). The molecule has 1 atom stereocenters. The first-order valence-corrected chi connectivity index (χ1v) is 6.98. The number of amides is 1. The Bertz CT molecular complexity index is 557. The lowest BCUT2D eigenvalue weighted by molar-refractivity contribution is -0.120. The Morgan fingerprint density at radius 1 is 1.45 bits per heavy atom. The van der Waals surface area contributed by atoms with Crippen molar-refractivity contribution in [2.45, 2.75) is 39.2 Å². The van der Waals surface area contributed by atoms with Gasteiger partial charge in [-0.2, -0.15) is 5.26 Å². The Kier molecular flexibility index (Phi) is 3.99. The molecule has 1 aliphatic carbocycles. The van der Waals surface area contributed by atoms with Crippen LogP contribution in [0.2, 0.25) is 0 Å². The van der Waals surface area contributed by atoms with E-state index >= 15 is 0 Å². The molecule has 0 saturated heterocycles. The molecule has 1 saturated carbocycles. The minimum Gasteiger partial charge on any atom is -0.376 e. The van der Waals surface area contributed by atoms with Crippen LogP contribution in [0.25, 0.3) is 0 Å². The second-order valence-corrected chi connectivity index (χ2v) is 5.81. The monoisotopic (exact) mass is 271 g/mol. The number of rotatable bonds is 5. The molecule has 0 heterocycles. The van der Waals surface area contributed by atoms with E-state index in [2.05, 4.69) is 22.8 Å². The zero-order valence-electron chi connectivity index (χ0n) is 12.3. The van der Waals surface area contributed by atoms with Gasteiger partial charge in [-0.3, -0.25) is 4.79 Å². The highest BCUT2D eigenvalue weighted by atomic mass is 16.2. The quantitative estimate of drug-likeness (QED) is 0.865. The van der Waals surface area contributed by atoms with Crippen LogP contribution in [-0.2, 0) is 4.79 Å². The van der Waals surface area contributed by atoms with Crippen molar-refractivity contribution in [2.24, 2.45) is 5.92 Å². The SMILES string of the molecule is Cc1ccc(NCC(=O)NC(C)(C#N)C2CC2)c(C)c1. The fourth-order valence-corrected chi connectivity index (χ4v) is 2.40. The van der Waals surface area contributed by atoms with Gasteiger partial charge in [0.05, 0.1) is 12.6 Å². The lowest BCUT2D eigenvalue weighted by Gasteiger charge is -2.23. The van der Waals surface area contributed by atoms with Gasteiger partial charge in [-0.25, -0.2) is 0 Å². The summed E-state index contributed by atoms with van der Waals surface area (Å²) < 4.78 is 0. The fourth-order valence-electron chi connectivity index (χ4n) is 2.40. The van der Waals surface area contributed by atoms with Crippen molar-refractivity contribution in [3.63, 3.8) is 0 Å². The topological polar surface area (TPSA) is 64.9 Å². The van der Waals surface area contributed by atoms with E-state index in [0.717, 1.165) is 24.1 Å². The summed E-state index contributed by atoms with van der Waals surface area (Å²) in [5.74, 6) is 0.165. The lowest BCUT2D eigenvalue weighted by Crippen LogP contribution is -2.48. The van der Waals surface area contributed by atoms with Crippen LogP contribution in [0, 0.1) is 31.1 Å². The molecule has 0 aromatic heterocycles. The maximum Gasteiger partial charge on any atom is 0.240 e. The molecule has 4 heteroatoms. The molecule has 2 rings (SSSR count). The van der Waals surface area contributed by atoms with Crippen LogP contribution in [0.1, 0.15) is 30.9 Å². The van der Waals surface area contributed by atoms with E-state index < -0.39 is 5.54 Å². The molecule has 1 fully saturated rings. The van der Waals surface area contributed by atoms with Crippen LogP contribution >= 0.6 is 0 Å². The molecule has 1 aliphatic rings. The maximum atomic E-state index is 12.0. The molecule has 0 bridgehead atoms. The average Bonchev–Trinajstić information content (AvgIpc) is 3.22. The van der Waals surface area contributed by atoms with Crippen LogP contribution < -0.4 is 10.6 Å². The number of anilines is 1. The van der Waals surface area contributed by atoms with Gasteiger partial charge in [0.1, 0.15) is 5.54 Å². The van der Waals surface area contributed by atoms with Crippen molar-refractivity contribution >= 4 is 11.6 Å².